The summed E-state index contributed by atoms with van der Waals surface area (Å²) in [6.07, 6.45) is 4.61. The summed E-state index contributed by atoms with van der Waals surface area (Å²) < 4.78 is 2.22. The van der Waals surface area contributed by atoms with Gasteiger partial charge in [-0.1, -0.05) is 34.6 Å². The minimum Gasteiger partial charge on any atom is -0.367 e. The number of hydrogen-bond donors (Lipinski definition) is 1. The van der Waals surface area contributed by atoms with Crippen LogP contribution in [0.15, 0.2) is 6.07 Å². The minimum atomic E-state index is 0.302. The topological polar surface area (TPSA) is 29.9 Å². The summed E-state index contributed by atoms with van der Waals surface area (Å²) in [4.78, 5) is 0. The molecule has 2 rings (SSSR count). The lowest BCUT2D eigenvalue weighted by atomic mass is 9.91. The maximum absolute atomic E-state index is 4.81. The van der Waals surface area contributed by atoms with Crippen molar-refractivity contribution in [1.82, 2.24) is 9.78 Å². The summed E-state index contributed by atoms with van der Waals surface area (Å²) in [6.45, 7) is 11.3. The molecule has 0 saturated carbocycles. The fourth-order valence-electron chi connectivity index (χ4n) is 2.77. The molecule has 0 bridgehead atoms. The lowest BCUT2D eigenvalue weighted by Crippen LogP contribution is -2.31. The molecule has 3 heteroatoms. The average Bonchev–Trinajstić information content (AvgIpc) is 2.66. The monoisotopic (exact) mass is 249 g/mol. The molecule has 102 valence electrons. The van der Waals surface area contributed by atoms with Crippen molar-refractivity contribution in [2.75, 3.05) is 5.32 Å². The molecule has 2 atom stereocenters. The highest BCUT2D eigenvalue weighted by atomic mass is 15.4. The van der Waals surface area contributed by atoms with Gasteiger partial charge in [0, 0.05) is 12.1 Å². The molecule has 18 heavy (non-hydrogen) atoms. The van der Waals surface area contributed by atoms with E-state index in [1.54, 1.807) is 0 Å². The average molecular weight is 249 g/mol. The third kappa shape index (κ3) is 2.88. The first-order chi connectivity index (χ1) is 8.43. The summed E-state index contributed by atoms with van der Waals surface area (Å²) >= 11 is 0. The van der Waals surface area contributed by atoms with E-state index in [1.807, 2.05) is 0 Å². The number of nitrogens with one attached hydrogen (secondary N) is 1. The largest absolute Gasteiger partial charge is 0.367 e. The first kappa shape index (κ1) is 13.4. The zero-order valence-corrected chi connectivity index (χ0v) is 12.5. The Morgan fingerprint density at radius 2 is 2.06 bits per heavy atom. The van der Waals surface area contributed by atoms with Crippen molar-refractivity contribution in [2.45, 2.75) is 72.4 Å². The minimum absolute atomic E-state index is 0.302. The van der Waals surface area contributed by atoms with Crippen molar-refractivity contribution in [3.8, 4) is 0 Å². The van der Waals surface area contributed by atoms with E-state index in [9.17, 15) is 0 Å². The van der Waals surface area contributed by atoms with Crippen LogP contribution in [0.25, 0.3) is 0 Å². The normalized spacial score (nSPS) is 23.6. The molecule has 3 nitrogen and oxygen atoms in total. The number of fused-ring (bicyclic) bond motifs is 1. The maximum atomic E-state index is 4.81. The molecule has 0 spiro atoms. The van der Waals surface area contributed by atoms with Crippen molar-refractivity contribution in [1.29, 1.82) is 0 Å². The lowest BCUT2D eigenvalue weighted by molar-refractivity contribution is 0.354. The zero-order valence-electron chi connectivity index (χ0n) is 12.5. The molecular weight excluding hydrogens is 222 g/mol. The smallest absolute Gasteiger partial charge is 0.125 e. The van der Waals surface area contributed by atoms with Gasteiger partial charge in [-0.2, -0.15) is 5.10 Å². The SMILES string of the molecule is CCC1CC(CC)n2nc(CC(C)(C)C)cc2N1. The van der Waals surface area contributed by atoms with E-state index in [4.69, 9.17) is 5.10 Å². The van der Waals surface area contributed by atoms with Gasteiger partial charge in [0.25, 0.3) is 0 Å². The van der Waals surface area contributed by atoms with Gasteiger partial charge in [-0.15, -0.1) is 0 Å². The standard InChI is InChI=1S/C15H27N3/c1-6-11-8-13(7-2)18-14(16-11)9-12(17-18)10-15(3,4)5/h9,11,13,16H,6-8,10H2,1-5H3. The third-order valence-electron chi connectivity index (χ3n) is 3.72. The number of rotatable bonds is 3. The predicted octanol–water partition coefficient (Wildman–Crippen LogP) is 4.02. The Bertz CT molecular complexity index is 400. The molecule has 1 N–H and O–H groups in total. The lowest BCUT2D eigenvalue weighted by Gasteiger charge is -2.31. The van der Waals surface area contributed by atoms with Gasteiger partial charge in [-0.3, -0.25) is 0 Å². The maximum Gasteiger partial charge on any atom is 0.125 e. The molecule has 0 fully saturated rings. The predicted molar refractivity (Wildman–Crippen MR) is 77.0 cm³/mol. The van der Waals surface area contributed by atoms with Gasteiger partial charge >= 0.3 is 0 Å². The quantitative estimate of drug-likeness (QED) is 0.877. The fourth-order valence-corrected chi connectivity index (χ4v) is 2.77. The van der Waals surface area contributed by atoms with Crippen LogP contribution in [0.2, 0.25) is 0 Å². The van der Waals surface area contributed by atoms with Crippen molar-refractivity contribution < 1.29 is 0 Å². The molecule has 1 aliphatic heterocycles. The molecule has 0 aromatic carbocycles. The van der Waals surface area contributed by atoms with Gasteiger partial charge in [0.15, 0.2) is 0 Å². The molecule has 1 aliphatic rings. The highest BCUT2D eigenvalue weighted by molar-refractivity contribution is 5.41. The second-order valence-electron chi connectivity index (χ2n) is 6.75. The number of aromatic nitrogens is 2. The van der Waals surface area contributed by atoms with Crippen LogP contribution in [0.1, 0.15) is 65.6 Å². The van der Waals surface area contributed by atoms with Crippen LogP contribution in [-0.2, 0) is 6.42 Å². The third-order valence-corrected chi connectivity index (χ3v) is 3.72. The van der Waals surface area contributed by atoms with Crippen LogP contribution in [-0.4, -0.2) is 15.8 Å². The molecule has 1 aromatic rings. The van der Waals surface area contributed by atoms with Gasteiger partial charge in [0.05, 0.1) is 11.7 Å². The van der Waals surface area contributed by atoms with E-state index in [2.05, 4.69) is 50.7 Å². The van der Waals surface area contributed by atoms with Crippen molar-refractivity contribution in [3.63, 3.8) is 0 Å². The van der Waals surface area contributed by atoms with Crippen molar-refractivity contribution in [2.24, 2.45) is 5.41 Å². The molecule has 0 saturated heterocycles. The molecule has 0 amide bonds. The Labute approximate surface area is 111 Å². The van der Waals surface area contributed by atoms with E-state index >= 15 is 0 Å². The van der Waals surface area contributed by atoms with E-state index < -0.39 is 0 Å². The fraction of sp³-hybridized carbons (Fsp3) is 0.800. The Morgan fingerprint density at radius 3 is 2.61 bits per heavy atom. The summed E-state index contributed by atoms with van der Waals surface area (Å²) in [6, 6.07) is 3.43. The summed E-state index contributed by atoms with van der Waals surface area (Å²) in [7, 11) is 0. The van der Waals surface area contributed by atoms with E-state index in [0.29, 0.717) is 17.5 Å². The van der Waals surface area contributed by atoms with Gasteiger partial charge in [-0.25, -0.2) is 4.68 Å². The van der Waals surface area contributed by atoms with Crippen molar-refractivity contribution in [3.05, 3.63) is 11.8 Å². The number of hydrogen-bond acceptors (Lipinski definition) is 2. The first-order valence-corrected chi connectivity index (χ1v) is 7.28. The summed E-state index contributed by atoms with van der Waals surface area (Å²) in [5.74, 6) is 1.22. The van der Waals surface area contributed by atoms with Gasteiger partial charge < -0.3 is 5.32 Å². The van der Waals surface area contributed by atoms with E-state index in [1.165, 1.54) is 30.8 Å². The Hall–Kier alpha value is -0.990. The van der Waals surface area contributed by atoms with Crippen LogP contribution in [0, 0.1) is 5.41 Å². The van der Waals surface area contributed by atoms with Crippen LogP contribution < -0.4 is 5.32 Å². The molecule has 0 radical (unpaired) electrons. The molecule has 2 heterocycles. The van der Waals surface area contributed by atoms with E-state index in [0.717, 1.165) is 6.42 Å². The Balaban J connectivity index is 2.23. The molecular formula is C15H27N3. The second kappa shape index (κ2) is 4.94. The molecule has 1 aromatic heterocycles. The zero-order chi connectivity index (χ0) is 13.3. The highest BCUT2D eigenvalue weighted by Gasteiger charge is 2.26. The summed E-state index contributed by atoms with van der Waals surface area (Å²) in [5, 5.41) is 8.43. The van der Waals surface area contributed by atoms with E-state index in [-0.39, 0.29) is 0 Å². The van der Waals surface area contributed by atoms with Crippen LogP contribution in [0.4, 0.5) is 5.82 Å². The van der Waals surface area contributed by atoms with Crippen LogP contribution >= 0.6 is 0 Å². The Morgan fingerprint density at radius 1 is 1.33 bits per heavy atom. The van der Waals surface area contributed by atoms with Gasteiger partial charge in [0.2, 0.25) is 0 Å². The van der Waals surface area contributed by atoms with Crippen LogP contribution in [0.3, 0.4) is 0 Å². The number of anilines is 1. The second-order valence-corrected chi connectivity index (χ2v) is 6.75. The van der Waals surface area contributed by atoms with Crippen LogP contribution in [0.5, 0.6) is 0 Å². The molecule has 2 unspecified atom stereocenters. The van der Waals surface area contributed by atoms with Crippen molar-refractivity contribution >= 4 is 5.82 Å². The molecule has 0 aliphatic carbocycles. The summed E-state index contributed by atoms with van der Waals surface area (Å²) in [5.41, 5.74) is 1.52. The number of nitrogens with zero attached hydrogens (tertiary/aromatic N) is 2. The highest BCUT2D eigenvalue weighted by Crippen LogP contribution is 2.32. The Kier molecular flexibility index (Phi) is 3.69. The van der Waals surface area contributed by atoms with Gasteiger partial charge in [0.1, 0.15) is 5.82 Å². The van der Waals surface area contributed by atoms with Gasteiger partial charge in [-0.05, 0) is 31.1 Å². The first-order valence-electron chi connectivity index (χ1n) is 7.28.